The number of nitrogens with one attached hydrogen (secondary N) is 1. The largest absolute Gasteiger partial charge is 0.379 e. The van der Waals surface area contributed by atoms with Gasteiger partial charge in [0.05, 0.1) is 19.4 Å². The summed E-state index contributed by atoms with van der Waals surface area (Å²) in [6.07, 6.45) is 36.0. The van der Waals surface area contributed by atoms with Crippen molar-refractivity contribution in [2.75, 3.05) is 112 Å². The molecule has 1 N–H and O–H groups in total. The number of fused-ring (bicyclic) bond motifs is 2. The molecule has 7 fully saturated rings. The molecule has 0 radical (unpaired) electrons. The molecule has 6 aromatic rings. The number of piperazine rings is 2. The van der Waals surface area contributed by atoms with Crippen LogP contribution in [-0.2, 0) is 45.3 Å². The Morgan fingerprint density at radius 3 is 1.13 bits per heavy atom. The zero-order chi connectivity index (χ0) is 102. The van der Waals surface area contributed by atoms with Gasteiger partial charge in [0.25, 0.3) is 0 Å². The van der Waals surface area contributed by atoms with Crippen LogP contribution in [0.3, 0.4) is 0 Å². The maximum absolute atomic E-state index is 12.6. The Balaban J connectivity index is 0.000000493. The highest BCUT2D eigenvalue weighted by Gasteiger charge is 2.30. The summed E-state index contributed by atoms with van der Waals surface area (Å²) in [5.41, 5.74) is 15.1. The van der Waals surface area contributed by atoms with Crippen LogP contribution >= 0.6 is 0 Å². The predicted molar refractivity (Wildman–Crippen MR) is 591 cm³/mol. The lowest BCUT2D eigenvalue weighted by molar-refractivity contribution is -0.00389. The fourth-order valence-electron chi connectivity index (χ4n) is 17.2. The van der Waals surface area contributed by atoms with E-state index in [4.69, 9.17) is 4.74 Å². The average Bonchev–Trinajstić information content (AvgIpc) is 1.66. The minimum atomic E-state index is -0.405. The molecule has 5 aliphatic heterocycles. The lowest BCUT2D eigenvalue weighted by Crippen LogP contribution is -2.52. The Labute approximate surface area is 830 Å². The molecular weight excluding hydrogens is 1640 g/mol. The van der Waals surface area contributed by atoms with Crippen molar-refractivity contribution >= 4 is 17.0 Å². The monoisotopic (exact) mass is 1860 g/mol. The number of aryl methyl sites for hydroxylation is 1. The number of likely N-dealkylation sites (N-methyl/N-ethyl adjacent to an activating group) is 1. The molecule has 2 saturated carbocycles. The van der Waals surface area contributed by atoms with Gasteiger partial charge >= 0.3 is 0 Å². The summed E-state index contributed by atoms with van der Waals surface area (Å²) in [6, 6.07) is 31.5. The molecule has 0 bridgehead atoms. The van der Waals surface area contributed by atoms with Crippen molar-refractivity contribution in [1.29, 1.82) is 0 Å². The highest BCUT2D eigenvalue weighted by molar-refractivity contribution is 5.81. The number of ether oxygens (including phenoxy) is 1. The molecule has 5 saturated heterocycles. The van der Waals surface area contributed by atoms with Crippen molar-refractivity contribution in [2.45, 2.75) is 441 Å². The molecule has 0 amide bonds. The van der Waals surface area contributed by atoms with Gasteiger partial charge in [-0.3, -0.25) is 24.5 Å². The number of benzene rings is 3. The van der Waals surface area contributed by atoms with Gasteiger partial charge in [-0.15, -0.1) is 0 Å². The van der Waals surface area contributed by atoms with Gasteiger partial charge in [0, 0.05) is 124 Å². The van der Waals surface area contributed by atoms with Crippen molar-refractivity contribution in [3.8, 4) is 0 Å². The molecule has 14 rings (SSSR count). The fraction of sp³-hybridized carbons (Fsp3) is 0.744. The maximum atomic E-state index is 12.6. The summed E-state index contributed by atoms with van der Waals surface area (Å²) in [6.45, 7) is 109. The predicted octanol–water partition coefficient (Wildman–Crippen LogP) is 31.0. The van der Waals surface area contributed by atoms with E-state index in [1.807, 2.05) is 32.9 Å². The van der Waals surface area contributed by atoms with E-state index in [9.17, 15) is 4.39 Å². The quantitative estimate of drug-likeness (QED) is 0.160. The molecule has 3 aliphatic carbocycles. The second-order valence-corrected chi connectivity index (χ2v) is 53.5. The zero-order valence-electron chi connectivity index (χ0n) is 95.9. The maximum Gasteiger partial charge on any atom is 0.213 e. The highest BCUT2D eigenvalue weighted by Crippen LogP contribution is 2.39. The molecular formula is C121H216FN11O. The van der Waals surface area contributed by atoms with Gasteiger partial charge in [0.2, 0.25) is 5.95 Å². The third kappa shape index (κ3) is 55.7. The number of halogens is 1. The topological polar surface area (TPSA) is 84.3 Å². The smallest absolute Gasteiger partial charge is 0.213 e. The Hall–Kier alpha value is -5.22. The van der Waals surface area contributed by atoms with Gasteiger partial charge in [-0.25, -0.2) is 4.98 Å². The number of pyridine rings is 1. The third-order valence-electron chi connectivity index (χ3n) is 26.4. The summed E-state index contributed by atoms with van der Waals surface area (Å²) in [5.74, 6) is 1.64. The molecule has 768 valence electrons. The first-order valence-electron chi connectivity index (χ1n) is 52.9. The summed E-state index contributed by atoms with van der Waals surface area (Å²) < 4.78 is 20.0. The average molecular weight is 1860 g/mol. The van der Waals surface area contributed by atoms with Crippen LogP contribution in [0.25, 0.3) is 17.0 Å². The summed E-state index contributed by atoms with van der Waals surface area (Å²) in [4.78, 5) is 18.5. The molecule has 13 heteroatoms. The van der Waals surface area contributed by atoms with Crippen molar-refractivity contribution in [1.82, 2.24) is 54.5 Å². The molecule has 8 heterocycles. The first-order valence-corrected chi connectivity index (χ1v) is 52.9. The SMILES string of the molecule is CC(C)(C)C.CC(C)(C)C1CCCCC1.CC(C)(C)CC1CCCCC1.CC(C)(C)N1CCCC1.CC(C)(C)N1CCCCC1.CC(C)(C)N1CCNCC1.CC(C)(C)N1CCOCC1.CC(C)(C)c1ccc2c(c1)CC=C2.CC(C)(C)c1ccccc1.CC(C)(C)c1ccnc(F)c1.CC(C)(C)c1ccnnc1.CN1CCN(C(C)(C)C)CC1.Cn1ccc2ccc(C(C)(C)C)cc21. The molecule has 0 spiro atoms. The number of piperidine rings is 1. The normalized spacial score (nSPS) is 18.1. The van der Waals surface area contributed by atoms with Crippen molar-refractivity contribution in [3.63, 3.8) is 0 Å². The second kappa shape index (κ2) is 57.6. The number of morpholine rings is 1. The van der Waals surface area contributed by atoms with Crippen molar-refractivity contribution < 1.29 is 9.13 Å². The number of rotatable bonds is 1. The van der Waals surface area contributed by atoms with Gasteiger partial charge in [0.15, 0.2) is 0 Å². The standard InChI is InChI=1S/C13H17N.C13H16.C11H22.C10H20.C10H14.C9H12FN.C9H20N2.C9H19N.C8H18N2.C8H12N2.C8H17NO.C8H17N.C5H12/c1-13(2,3)11-6-5-10-7-8-14(4)12(10)9-11;1-13(2,3)12-8-7-10-5-4-6-11(10)9-12;1-11(2,3)9-10-7-5-4-6-8-10;2*1-10(2,3)9-7-5-4-6-8-9;1-9(2,3)7-4-5-11-8(10)6-7;1-9(2,3)11-7-5-10(4)6-8-11;1-9(2,3)10-7-5-4-6-8-10;1-8(2,3)10-6-4-9-5-7-10;1-8(2,3)7-4-5-9-10-6-7;1-8(2,3)9-4-6-10-7-5-9;1-8(2,3)9-6-4-5-7-9;1-5(2,3)4/h5-9H,1-4H3;4-5,7-9H,6H2,1-3H3;10H,4-9H2,1-3H3;9H,4-8H2,1-3H3;4-8H,1-3H3;4-6H,1-3H3;5-8H2,1-4H3;4-8H2,1-3H3;9H,4-7H2,1-3H3;4-6H,1-3H3;4-7H2,1-3H3;4-7H2,1-3H3;1-4H3. The lowest BCUT2D eigenvalue weighted by Gasteiger charge is -2.41. The molecule has 0 atom stereocenters. The number of nitrogens with zero attached hydrogens (tertiary/aromatic N) is 10. The highest BCUT2D eigenvalue weighted by atomic mass is 19.1. The first kappa shape index (κ1) is 125. The Bertz CT molecular complexity index is 3880. The summed E-state index contributed by atoms with van der Waals surface area (Å²) in [7, 11) is 4.29. The van der Waals surface area contributed by atoms with E-state index in [0.29, 0.717) is 49.4 Å². The van der Waals surface area contributed by atoms with Gasteiger partial charge < -0.3 is 19.5 Å². The lowest BCUT2D eigenvalue weighted by atomic mass is 9.72. The van der Waals surface area contributed by atoms with Crippen LogP contribution < -0.4 is 5.32 Å². The van der Waals surface area contributed by atoms with Crippen LogP contribution in [0.2, 0.25) is 0 Å². The Morgan fingerprint density at radius 1 is 0.373 bits per heavy atom. The van der Waals surface area contributed by atoms with Crippen LogP contribution in [-0.4, -0.2) is 189 Å². The molecule has 3 aromatic heterocycles. The van der Waals surface area contributed by atoms with Crippen molar-refractivity contribution in [3.05, 3.63) is 167 Å². The van der Waals surface area contributed by atoms with Gasteiger partial charge in [-0.05, 0) is 318 Å². The van der Waals surface area contributed by atoms with Gasteiger partial charge in [-0.1, -0.05) is 304 Å². The Kier molecular flexibility index (Phi) is 53.7. The molecule has 8 aliphatic rings. The van der Waals surface area contributed by atoms with Crippen molar-refractivity contribution in [2.24, 2.45) is 35.1 Å². The molecule has 12 nitrogen and oxygen atoms in total. The van der Waals surface area contributed by atoms with Crippen LogP contribution in [0, 0.1) is 34.0 Å². The number of allylic oxidation sites excluding steroid dienone is 1. The van der Waals surface area contributed by atoms with Gasteiger partial charge in [0.1, 0.15) is 0 Å². The Morgan fingerprint density at radius 2 is 0.769 bits per heavy atom. The molecule has 0 unspecified atom stereocenters. The van der Waals surface area contributed by atoms with E-state index < -0.39 is 5.95 Å². The zero-order valence-corrected chi connectivity index (χ0v) is 95.9. The minimum Gasteiger partial charge on any atom is -0.379 e. The number of likely N-dealkylation sites (tertiary alicyclic amines) is 2. The van der Waals surface area contributed by atoms with E-state index in [1.165, 1.54) is 225 Å². The number of aromatic nitrogens is 4. The van der Waals surface area contributed by atoms with E-state index in [-0.39, 0.29) is 21.7 Å². The van der Waals surface area contributed by atoms with E-state index >= 15 is 0 Å². The minimum absolute atomic E-state index is 0.00375. The number of hydrogen-bond donors (Lipinski definition) is 1. The van der Waals surface area contributed by atoms with Crippen LogP contribution in [0.4, 0.5) is 4.39 Å². The first-order chi connectivity index (χ1) is 61.4. The van der Waals surface area contributed by atoms with E-state index in [1.54, 1.807) is 12.4 Å². The van der Waals surface area contributed by atoms with Crippen LogP contribution in [0.5, 0.6) is 0 Å². The molecule has 3 aromatic carbocycles. The second-order valence-electron chi connectivity index (χ2n) is 53.5. The third-order valence-corrected chi connectivity index (χ3v) is 26.4. The van der Waals surface area contributed by atoms with Crippen LogP contribution in [0.1, 0.15) is 419 Å². The van der Waals surface area contributed by atoms with Crippen LogP contribution in [0.15, 0.2) is 122 Å². The van der Waals surface area contributed by atoms with E-state index in [2.05, 4.69) is 416 Å². The number of hydrogen-bond acceptors (Lipinski definition) is 11. The van der Waals surface area contributed by atoms with E-state index in [0.717, 1.165) is 63.2 Å². The summed E-state index contributed by atoms with van der Waals surface area (Å²) in [5, 5.41) is 12.2. The fourth-order valence-corrected chi connectivity index (χ4v) is 17.2. The van der Waals surface area contributed by atoms with Gasteiger partial charge in [-0.2, -0.15) is 14.6 Å². The summed E-state index contributed by atoms with van der Waals surface area (Å²) >= 11 is 0. The molecule has 134 heavy (non-hydrogen) atoms.